The molecule has 0 fully saturated rings. The molecular weight excluding hydrogens is 244 g/mol. The van der Waals surface area contributed by atoms with Crippen molar-refractivity contribution < 1.29 is 9.47 Å². The van der Waals surface area contributed by atoms with Crippen LogP contribution in [0.15, 0.2) is 36.0 Å². The molecule has 100 valence electrons. The van der Waals surface area contributed by atoms with Crippen molar-refractivity contribution in [3.05, 3.63) is 36.4 Å². The summed E-state index contributed by atoms with van der Waals surface area (Å²) in [6.07, 6.45) is 5.70. The summed E-state index contributed by atoms with van der Waals surface area (Å²) in [6.45, 7) is 2.73. The molecule has 0 saturated heterocycles. The lowest BCUT2D eigenvalue weighted by molar-refractivity contribution is 0.294. The minimum atomic E-state index is 0.671. The first-order chi connectivity index (χ1) is 9.33. The lowest BCUT2D eigenvalue weighted by Crippen LogP contribution is -1.98. The summed E-state index contributed by atoms with van der Waals surface area (Å²) in [6, 6.07) is 5.67. The van der Waals surface area contributed by atoms with Crippen LogP contribution in [0.4, 0.5) is 0 Å². The number of ether oxygens (including phenoxy) is 2. The second-order valence-corrected chi connectivity index (χ2v) is 3.85. The van der Waals surface area contributed by atoms with Gasteiger partial charge in [-0.1, -0.05) is 6.92 Å². The first-order valence-corrected chi connectivity index (χ1v) is 6.03. The second kappa shape index (κ2) is 6.53. The third-order valence-corrected chi connectivity index (χ3v) is 2.40. The Balaban J connectivity index is 2.14. The van der Waals surface area contributed by atoms with Gasteiger partial charge in [-0.25, -0.2) is 4.68 Å². The molecule has 1 aromatic carbocycles. The maximum Gasteiger partial charge on any atom is 0.161 e. The van der Waals surface area contributed by atoms with Crippen molar-refractivity contribution in [2.24, 2.45) is 5.10 Å². The van der Waals surface area contributed by atoms with Crippen molar-refractivity contribution in [3.63, 3.8) is 0 Å². The minimum Gasteiger partial charge on any atom is -0.493 e. The van der Waals surface area contributed by atoms with E-state index in [0.29, 0.717) is 12.4 Å². The molecule has 6 heteroatoms. The molecule has 2 rings (SSSR count). The van der Waals surface area contributed by atoms with E-state index >= 15 is 0 Å². The molecule has 1 heterocycles. The van der Waals surface area contributed by atoms with E-state index in [1.807, 2.05) is 18.2 Å². The summed E-state index contributed by atoms with van der Waals surface area (Å²) >= 11 is 0. The molecule has 6 nitrogen and oxygen atoms in total. The van der Waals surface area contributed by atoms with Gasteiger partial charge in [0.25, 0.3) is 0 Å². The van der Waals surface area contributed by atoms with Crippen LogP contribution >= 0.6 is 0 Å². The SMILES string of the molecule is CCCOc1ccc(C=Nn2cnnc2)cc1OC. The van der Waals surface area contributed by atoms with Crippen LogP contribution in [-0.2, 0) is 0 Å². The van der Waals surface area contributed by atoms with Gasteiger partial charge in [-0.15, -0.1) is 10.2 Å². The van der Waals surface area contributed by atoms with Crippen LogP contribution in [0.1, 0.15) is 18.9 Å². The average Bonchev–Trinajstić information content (AvgIpc) is 2.96. The van der Waals surface area contributed by atoms with Crippen LogP contribution < -0.4 is 9.47 Å². The number of benzene rings is 1. The zero-order chi connectivity index (χ0) is 13.5. The van der Waals surface area contributed by atoms with Gasteiger partial charge in [0.05, 0.1) is 19.9 Å². The Morgan fingerprint density at radius 2 is 2.05 bits per heavy atom. The Hall–Kier alpha value is -2.37. The van der Waals surface area contributed by atoms with Crippen LogP contribution in [0.5, 0.6) is 11.5 Å². The summed E-state index contributed by atoms with van der Waals surface area (Å²) in [5, 5.41) is 11.5. The fraction of sp³-hybridized carbons (Fsp3) is 0.308. The van der Waals surface area contributed by atoms with E-state index in [4.69, 9.17) is 9.47 Å². The molecule has 0 unspecified atom stereocenters. The highest BCUT2D eigenvalue weighted by Crippen LogP contribution is 2.27. The molecule has 2 aromatic rings. The largest absolute Gasteiger partial charge is 0.493 e. The normalized spacial score (nSPS) is 10.8. The maximum atomic E-state index is 5.59. The number of hydrogen-bond acceptors (Lipinski definition) is 5. The van der Waals surface area contributed by atoms with E-state index in [1.165, 1.54) is 17.3 Å². The molecule has 0 spiro atoms. The predicted octanol–water partition coefficient (Wildman–Crippen LogP) is 1.96. The standard InChI is InChI=1S/C13H16N4O2/c1-3-6-19-12-5-4-11(7-13(12)18-2)8-16-17-9-14-15-10-17/h4-5,7-10H,3,6H2,1-2H3. The molecule has 0 N–H and O–H groups in total. The molecule has 19 heavy (non-hydrogen) atoms. The number of methoxy groups -OCH3 is 1. The summed E-state index contributed by atoms with van der Waals surface area (Å²) in [5.74, 6) is 1.44. The van der Waals surface area contributed by atoms with Crippen LogP contribution in [-0.4, -0.2) is 34.8 Å². The number of aromatic nitrogens is 3. The lowest BCUT2D eigenvalue weighted by atomic mass is 10.2. The lowest BCUT2D eigenvalue weighted by Gasteiger charge is -2.10. The average molecular weight is 260 g/mol. The monoisotopic (exact) mass is 260 g/mol. The molecule has 0 aliphatic heterocycles. The van der Waals surface area contributed by atoms with Crippen LogP contribution in [0, 0.1) is 0 Å². The van der Waals surface area contributed by atoms with Crippen LogP contribution in [0.3, 0.4) is 0 Å². The van der Waals surface area contributed by atoms with E-state index in [1.54, 1.807) is 13.3 Å². The van der Waals surface area contributed by atoms with Crippen LogP contribution in [0.2, 0.25) is 0 Å². The molecule has 0 amide bonds. The Morgan fingerprint density at radius 3 is 2.74 bits per heavy atom. The zero-order valence-electron chi connectivity index (χ0n) is 11.0. The van der Waals surface area contributed by atoms with Gasteiger partial charge in [-0.3, -0.25) is 0 Å². The third-order valence-electron chi connectivity index (χ3n) is 2.40. The van der Waals surface area contributed by atoms with Gasteiger partial charge in [0.2, 0.25) is 0 Å². The van der Waals surface area contributed by atoms with Gasteiger partial charge in [-0.05, 0) is 30.2 Å². The van der Waals surface area contributed by atoms with Gasteiger partial charge in [0.15, 0.2) is 11.5 Å². The van der Waals surface area contributed by atoms with E-state index in [-0.39, 0.29) is 0 Å². The molecule has 1 aromatic heterocycles. The number of rotatable bonds is 6. The molecular formula is C13H16N4O2. The van der Waals surface area contributed by atoms with E-state index in [2.05, 4.69) is 22.2 Å². The summed E-state index contributed by atoms with van der Waals surface area (Å²) in [5.41, 5.74) is 0.911. The van der Waals surface area contributed by atoms with Crippen molar-refractivity contribution in [2.45, 2.75) is 13.3 Å². The molecule has 0 saturated carbocycles. The topological polar surface area (TPSA) is 61.5 Å². The molecule has 0 aliphatic rings. The highest BCUT2D eigenvalue weighted by Gasteiger charge is 2.04. The summed E-state index contributed by atoms with van der Waals surface area (Å²) in [4.78, 5) is 0. The zero-order valence-corrected chi connectivity index (χ0v) is 11.0. The quantitative estimate of drug-likeness (QED) is 0.745. The van der Waals surface area contributed by atoms with Gasteiger partial charge in [0, 0.05) is 0 Å². The summed E-state index contributed by atoms with van der Waals surface area (Å²) < 4.78 is 12.4. The summed E-state index contributed by atoms with van der Waals surface area (Å²) in [7, 11) is 1.62. The smallest absolute Gasteiger partial charge is 0.161 e. The van der Waals surface area contributed by atoms with E-state index in [0.717, 1.165) is 17.7 Å². The van der Waals surface area contributed by atoms with Crippen molar-refractivity contribution >= 4 is 6.21 Å². The fourth-order valence-electron chi connectivity index (χ4n) is 1.48. The third kappa shape index (κ3) is 3.54. The van der Waals surface area contributed by atoms with Crippen LogP contribution in [0.25, 0.3) is 0 Å². The number of hydrogen-bond donors (Lipinski definition) is 0. The predicted molar refractivity (Wildman–Crippen MR) is 71.8 cm³/mol. The first kappa shape index (κ1) is 13.1. The number of nitrogens with zero attached hydrogens (tertiary/aromatic N) is 4. The van der Waals surface area contributed by atoms with Crippen molar-refractivity contribution in [1.29, 1.82) is 0 Å². The van der Waals surface area contributed by atoms with E-state index < -0.39 is 0 Å². The molecule has 0 aliphatic carbocycles. The Morgan fingerprint density at radius 1 is 1.26 bits per heavy atom. The van der Waals surface area contributed by atoms with Crippen molar-refractivity contribution in [3.8, 4) is 11.5 Å². The van der Waals surface area contributed by atoms with Crippen molar-refractivity contribution in [2.75, 3.05) is 13.7 Å². The van der Waals surface area contributed by atoms with Gasteiger partial charge in [-0.2, -0.15) is 5.10 Å². The first-order valence-electron chi connectivity index (χ1n) is 6.03. The van der Waals surface area contributed by atoms with Gasteiger partial charge in [0.1, 0.15) is 12.7 Å². The Bertz CT molecular complexity index is 538. The second-order valence-electron chi connectivity index (χ2n) is 3.85. The Kier molecular flexibility index (Phi) is 4.49. The van der Waals surface area contributed by atoms with Gasteiger partial charge >= 0.3 is 0 Å². The molecule has 0 radical (unpaired) electrons. The molecule has 0 bridgehead atoms. The highest BCUT2D eigenvalue weighted by atomic mass is 16.5. The maximum absolute atomic E-state index is 5.59. The van der Waals surface area contributed by atoms with E-state index in [9.17, 15) is 0 Å². The fourth-order valence-corrected chi connectivity index (χ4v) is 1.48. The minimum absolute atomic E-state index is 0.671. The Labute approximate surface area is 111 Å². The van der Waals surface area contributed by atoms with Crippen molar-refractivity contribution in [1.82, 2.24) is 14.9 Å². The highest BCUT2D eigenvalue weighted by molar-refractivity contribution is 5.80. The van der Waals surface area contributed by atoms with Gasteiger partial charge < -0.3 is 9.47 Å². The molecule has 0 atom stereocenters.